The van der Waals surface area contributed by atoms with Gasteiger partial charge in [0.15, 0.2) is 0 Å². The van der Waals surface area contributed by atoms with Gasteiger partial charge in [-0.15, -0.1) is 5.06 Å². The Kier molecular flexibility index (Phi) is 3.53. The van der Waals surface area contributed by atoms with Gasteiger partial charge in [0.05, 0.1) is 5.03 Å². The van der Waals surface area contributed by atoms with E-state index >= 15 is 0 Å². The van der Waals surface area contributed by atoms with Crippen molar-refractivity contribution in [2.24, 2.45) is 0 Å². The number of halogens is 2. The quantitative estimate of drug-likeness (QED) is 0.588. The van der Waals surface area contributed by atoms with Crippen LogP contribution in [0.2, 0.25) is 0 Å². The molecule has 1 heterocycles. The summed E-state index contributed by atoms with van der Waals surface area (Å²) in [5, 5.41) is 2.54. The fourth-order valence-electron chi connectivity index (χ4n) is 1.82. The zero-order valence-electron chi connectivity index (χ0n) is 10.1. The summed E-state index contributed by atoms with van der Waals surface area (Å²) in [6.07, 6.45) is 1.59. The Balaban J connectivity index is 2.34. The van der Waals surface area contributed by atoms with Gasteiger partial charge in [-0.3, -0.25) is 0 Å². The molecule has 92 valence electrons. The molecule has 0 aromatic heterocycles. The minimum absolute atomic E-state index is 0.0494. The van der Waals surface area contributed by atoms with Crippen LogP contribution in [-0.4, -0.2) is 9.51 Å². The van der Waals surface area contributed by atoms with Gasteiger partial charge in [0, 0.05) is 0 Å². The molecule has 0 saturated carbocycles. The first-order chi connectivity index (χ1) is 7.89. The fourth-order valence-corrected chi connectivity index (χ4v) is 2.36. The Morgan fingerprint density at radius 3 is 2.41 bits per heavy atom. The Hall–Kier alpha value is -0.510. The van der Waals surface area contributed by atoms with Gasteiger partial charge in [0.25, 0.3) is 0 Å². The number of hydroxylamine groups is 2. The van der Waals surface area contributed by atoms with E-state index < -0.39 is 0 Å². The molecule has 0 aliphatic carbocycles. The van der Waals surface area contributed by atoms with Crippen molar-refractivity contribution in [3.63, 3.8) is 0 Å². The molecule has 0 fully saturated rings. The van der Waals surface area contributed by atoms with Gasteiger partial charge in [-0.25, -0.2) is 0 Å². The van der Waals surface area contributed by atoms with Gasteiger partial charge in [0.2, 0.25) is 0 Å². The lowest BCUT2D eigenvalue weighted by Gasteiger charge is -2.33. The van der Waals surface area contributed by atoms with Crippen molar-refractivity contribution in [1.82, 2.24) is 5.06 Å². The SMILES string of the molecule is Cc1ccc(C2C(Cl)=CON2C(C)(C)Br)cc1. The molecular weight excluding hydrogens is 302 g/mol. The Morgan fingerprint density at radius 2 is 1.88 bits per heavy atom. The van der Waals surface area contributed by atoms with E-state index in [2.05, 4.69) is 47.1 Å². The first-order valence-corrected chi connectivity index (χ1v) is 6.64. The molecule has 1 aliphatic rings. The van der Waals surface area contributed by atoms with E-state index in [0.29, 0.717) is 5.03 Å². The van der Waals surface area contributed by atoms with Crippen LogP contribution in [-0.2, 0) is 4.84 Å². The molecule has 0 saturated heterocycles. The number of hydrogen-bond acceptors (Lipinski definition) is 2. The maximum atomic E-state index is 6.23. The van der Waals surface area contributed by atoms with Gasteiger partial charge in [-0.1, -0.05) is 57.4 Å². The maximum absolute atomic E-state index is 6.23. The molecular formula is C13H15BrClNO. The van der Waals surface area contributed by atoms with E-state index in [1.165, 1.54) is 5.56 Å². The summed E-state index contributed by atoms with van der Waals surface area (Å²) in [4.78, 5) is 5.52. The minimum atomic E-state index is -0.282. The molecule has 2 nitrogen and oxygen atoms in total. The molecule has 4 heteroatoms. The lowest BCUT2D eigenvalue weighted by molar-refractivity contribution is -0.139. The molecule has 1 aromatic rings. The zero-order valence-corrected chi connectivity index (χ0v) is 12.4. The van der Waals surface area contributed by atoms with Crippen LogP contribution in [0.1, 0.15) is 31.0 Å². The van der Waals surface area contributed by atoms with Gasteiger partial charge in [0.1, 0.15) is 16.8 Å². The van der Waals surface area contributed by atoms with Crippen LogP contribution in [0.4, 0.5) is 0 Å². The third-order valence-electron chi connectivity index (χ3n) is 2.69. The standard InChI is InChI=1S/C13H15BrClNO/c1-9-4-6-10(7-5-9)12-11(15)8-17-16(12)13(2,3)14/h4-8,12H,1-3H3. The van der Waals surface area contributed by atoms with Gasteiger partial charge in [-0.05, 0) is 26.3 Å². The number of alkyl halides is 1. The van der Waals surface area contributed by atoms with E-state index in [0.717, 1.165) is 5.56 Å². The number of hydrogen-bond donors (Lipinski definition) is 0. The van der Waals surface area contributed by atoms with Gasteiger partial charge < -0.3 is 4.84 Å². The predicted octanol–water partition coefficient (Wildman–Crippen LogP) is 4.49. The lowest BCUT2D eigenvalue weighted by Crippen LogP contribution is -2.37. The normalized spacial score (nSPS) is 21.2. The highest BCUT2D eigenvalue weighted by atomic mass is 79.9. The summed E-state index contributed by atoms with van der Waals surface area (Å²) >= 11 is 9.82. The average Bonchev–Trinajstić information content (AvgIpc) is 2.61. The molecule has 1 aromatic carbocycles. The van der Waals surface area contributed by atoms with Crippen LogP contribution in [0.5, 0.6) is 0 Å². The lowest BCUT2D eigenvalue weighted by atomic mass is 10.0. The van der Waals surface area contributed by atoms with Crippen molar-refractivity contribution in [2.75, 3.05) is 0 Å². The van der Waals surface area contributed by atoms with Crippen molar-refractivity contribution < 1.29 is 4.84 Å². The van der Waals surface area contributed by atoms with E-state index in [4.69, 9.17) is 16.4 Å². The fraction of sp³-hybridized carbons (Fsp3) is 0.385. The highest BCUT2D eigenvalue weighted by molar-refractivity contribution is 9.10. The molecule has 0 N–H and O–H groups in total. The summed E-state index contributed by atoms with van der Waals surface area (Å²) in [6.45, 7) is 6.12. The van der Waals surface area contributed by atoms with Crippen LogP contribution >= 0.6 is 27.5 Å². The second-order valence-electron chi connectivity index (χ2n) is 4.66. The number of nitrogens with zero attached hydrogens (tertiary/aromatic N) is 1. The molecule has 17 heavy (non-hydrogen) atoms. The number of rotatable bonds is 2. The third-order valence-corrected chi connectivity index (χ3v) is 3.34. The Morgan fingerprint density at radius 1 is 1.29 bits per heavy atom. The van der Waals surface area contributed by atoms with E-state index in [1.54, 1.807) is 6.26 Å². The third kappa shape index (κ3) is 2.67. The topological polar surface area (TPSA) is 12.5 Å². The molecule has 0 bridgehead atoms. The van der Waals surface area contributed by atoms with Crippen molar-refractivity contribution in [2.45, 2.75) is 31.3 Å². The maximum Gasteiger partial charge on any atom is 0.128 e. The van der Waals surface area contributed by atoms with E-state index in [9.17, 15) is 0 Å². The zero-order chi connectivity index (χ0) is 12.6. The highest BCUT2D eigenvalue weighted by Gasteiger charge is 2.39. The summed E-state index contributed by atoms with van der Waals surface area (Å²) < 4.78 is -0.282. The highest BCUT2D eigenvalue weighted by Crippen LogP contribution is 2.42. The minimum Gasteiger partial charge on any atom is -0.410 e. The molecule has 1 aliphatic heterocycles. The Labute approximate surface area is 115 Å². The summed E-state index contributed by atoms with van der Waals surface area (Å²) in [6, 6.07) is 8.27. The van der Waals surface area contributed by atoms with Crippen molar-refractivity contribution in [1.29, 1.82) is 0 Å². The molecule has 1 unspecified atom stereocenters. The van der Waals surface area contributed by atoms with Crippen LogP contribution in [0, 0.1) is 6.92 Å². The average molecular weight is 317 g/mol. The first kappa shape index (κ1) is 12.9. The molecule has 2 rings (SSSR count). The smallest absolute Gasteiger partial charge is 0.128 e. The van der Waals surface area contributed by atoms with Crippen molar-refractivity contribution in [3.8, 4) is 0 Å². The van der Waals surface area contributed by atoms with E-state index in [1.807, 2.05) is 18.9 Å². The summed E-state index contributed by atoms with van der Waals surface area (Å²) in [7, 11) is 0. The van der Waals surface area contributed by atoms with E-state index in [-0.39, 0.29) is 10.5 Å². The molecule has 0 amide bonds. The van der Waals surface area contributed by atoms with Crippen LogP contribution in [0.15, 0.2) is 35.6 Å². The molecule has 1 atom stereocenters. The monoisotopic (exact) mass is 315 g/mol. The second-order valence-corrected chi connectivity index (χ2v) is 7.03. The number of benzene rings is 1. The Bertz CT molecular complexity index is 436. The van der Waals surface area contributed by atoms with Crippen LogP contribution in [0.3, 0.4) is 0 Å². The summed E-state index contributed by atoms with van der Waals surface area (Å²) in [5.41, 5.74) is 2.36. The first-order valence-electron chi connectivity index (χ1n) is 5.47. The van der Waals surface area contributed by atoms with Crippen LogP contribution < -0.4 is 0 Å². The van der Waals surface area contributed by atoms with Crippen LogP contribution in [0.25, 0.3) is 0 Å². The van der Waals surface area contributed by atoms with Gasteiger partial charge >= 0.3 is 0 Å². The largest absolute Gasteiger partial charge is 0.410 e. The summed E-state index contributed by atoms with van der Waals surface area (Å²) in [5.74, 6) is 0. The molecule has 0 radical (unpaired) electrons. The predicted molar refractivity (Wildman–Crippen MR) is 73.8 cm³/mol. The molecule has 0 spiro atoms. The second kappa shape index (κ2) is 4.63. The van der Waals surface area contributed by atoms with Crippen molar-refractivity contribution >= 4 is 27.5 Å². The van der Waals surface area contributed by atoms with Crippen molar-refractivity contribution in [3.05, 3.63) is 46.7 Å². The number of aryl methyl sites for hydroxylation is 1. The van der Waals surface area contributed by atoms with Gasteiger partial charge in [-0.2, -0.15) is 0 Å².